The third-order valence-corrected chi connectivity index (χ3v) is 6.34. The van der Waals surface area contributed by atoms with Gasteiger partial charge in [0.1, 0.15) is 23.2 Å². The van der Waals surface area contributed by atoms with E-state index in [4.69, 9.17) is 19.9 Å². The molecule has 0 unspecified atom stereocenters. The van der Waals surface area contributed by atoms with Crippen molar-refractivity contribution in [3.05, 3.63) is 35.4 Å². The molecule has 3 aromatic heterocycles. The van der Waals surface area contributed by atoms with Crippen LogP contribution in [0, 0.1) is 0 Å². The van der Waals surface area contributed by atoms with Gasteiger partial charge in [-0.1, -0.05) is 6.42 Å². The second-order valence-corrected chi connectivity index (χ2v) is 8.80. The molecule has 11 nitrogen and oxygen atoms in total. The van der Waals surface area contributed by atoms with Crippen LogP contribution in [0.1, 0.15) is 53.3 Å². The molecule has 1 amide bonds. The number of nitrogens with zero attached hydrogens (tertiary/aromatic N) is 5. The van der Waals surface area contributed by atoms with Crippen LogP contribution in [-0.2, 0) is 10.9 Å². The molecule has 5 rings (SSSR count). The summed E-state index contributed by atoms with van der Waals surface area (Å²) in [6, 6.07) is 1.42. The highest BCUT2D eigenvalue weighted by Crippen LogP contribution is 2.37. The second kappa shape index (κ2) is 9.41. The Balaban J connectivity index is 1.36. The van der Waals surface area contributed by atoms with E-state index in [1.165, 1.54) is 13.2 Å². The number of halogens is 3. The molecule has 2 aliphatic rings. The van der Waals surface area contributed by atoms with E-state index in [2.05, 4.69) is 25.5 Å². The van der Waals surface area contributed by atoms with Crippen molar-refractivity contribution in [3.8, 4) is 11.6 Å². The Kier molecular flexibility index (Phi) is 6.28. The van der Waals surface area contributed by atoms with Gasteiger partial charge in [-0.05, 0) is 25.3 Å². The number of primary amides is 1. The smallest absolute Gasteiger partial charge is 0.423 e. The zero-order valence-corrected chi connectivity index (χ0v) is 19.3. The van der Waals surface area contributed by atoms with Crippen LogP contribution >= 0.6 is 0 Å². The number of pyridine rings is 1. The summed E-state index contributed by atoms with van der Waals surface area (Å²) in [6.45, 7) is 0.429. The third-order valence-electron chi connectivity index (χ3n) is 6.34. The lowest BCUT2D eigenvalue weighted by atomic mass is 9.85. The third kappa shape index (κ3) is 4.72. The first-order chi connectivity index (χ1) is 17.2. The van der Waals surface area contributed by atoms with Crippen molar-refractivity contribution in [2.75, 3.05) is 25.6 Å². The van der Waals surface area contributed by atoms with Crippen LogP contribution in [0.4, 0.5) is 19.1 Å². The van der Waals surface area contributed by atoms with E-state index in [9.17, 15) is 18.0 Å². The summed E-state index contributed by atoms with van der Waals surface area (Å²) in [5, 5.41) is 11.7. The van der Waals surface area contributed by atoms with Crippen molar-refractivity contribution in [1.82, 2.24) is 24.6 Å². The van der Waals surface area contributed by atoms with Gasteiger partial charge in [-0.15, -0.1) is 10.2 Å². The second-order valence-electron chi connectivity index (χ2n) is 8.80. The molecule has 1 saturated carbocycles. The molecule has 1 saturated heterocycles. The van der Waals surface area contributed by atoms with Crippen LogP contribution in [0.5, 0.6) is 11.6 Å². The summed E-state index contributed by atoms with van der Waals surface area (Å²) < 4.78 is 57.7. The largest absolute Gasteiger partial charge is 0.494 e. The molecule has 0 aromatic carbocycles. The number of fused-ring (bicyclic) bond motifs is 1. The Morgan fingerprint density at radius 1 is 1.28 bits per heavy atom. The SMILES string of the molecule is COc1cn2c([C@H]3CCC[C@@H](Nc4ncc(C(F)(F)F)c(OC5COC5)n4)C3)nnc2cc1C(N)=O. The molecular weight excluding hydrogens is 483 g/mol. The van der Waals surface area contributed by atoms with E-state index in [1.54, 1.807) is 10.6 Å². The number of hydrogen-bond donors (Lipinski definition) is 2. The number of methoxy groups -OCH3 is 1. The van der Waals surface area contributed by atoms with Crippen molar-refractivity contribution >= 4 is 17.5 Å². The van der Waals surface area contributed by atoms with Gasteiger partial charge in [0.25, 0.3) is 5.91 Å². The maximum atomic E-state index is 13.4. The number of rotatable bonds is 7. The highest BCUT2D eigenvalue weighted by atomic mass is 19.4. The zero-order chi connectivity index (χ0) is 25.4. The summed E-state index contributed by atoms with van der Waals surface area (Å²) in [4.78, 5) is 19.6. The van der Waals surface area contributed by atoms with Gasteiger partial charge in [0.15, 0.2) is 5.65 Å². The van der Waals surface area contributed by atoms with Gasteiger partial charge in [0, 0.05) is 18.2 Å². The van der Waals surface area contributed by atoms with Gasteiger partial charge >= 0.3 is 6.18 Å². The average Bonchev–Trinajstić information content (AvgIpc) is 3.23. The van der Waals surface area contributed by atoms with Gasteiger partial charge < -0.3 is 25.3 Å². The number of ether oxygens (including phenoxy) is 3. The van der Waals surface area contributed by atoms with E-state index in [0.29, 0.717) is 23.6 Å². The quantitative estimate of drug-likeness (QED) is 0.494. The molecule has 1 aliphatic carbocycles. The minimum Gasteiger partial charge on any atom is -0.494 e. The van der Waals surface area contributed by atoms with Crippen molar-refractivity contribution < 1.29 is 32.2 Å². The molecule has 3 N–H and O–H groups in total. The maximum absolute atomic E-state index is 13.4. The Hall–Kier alpha value is -3.68. The summed E-state index contributed by atoms with van der Waals surface area (Å²) >= 11 is 0. The lowest BCUT2D eigenvalue weighted by molar-refractivity contribution is -0.142. The predicted octanol–water partition coefficient (Wildman–Crippen LogP) is 2.56. The summed E-state index contributed by atoms with van der Waals surface area (Å²) in [5.41, 5.74) is 5.07. The fourth-order valence-electron chi connectivity index (χ4n) is 4.47. The van der Waals surface area contributed by atoms with E-state index in [1.807, 2.05) is 0 Å². The van der Waals surface area contributed by atoms with Crippen LogP contribution < -0.4 is 20.5 Å². The molecule has 14 heteroatoms. The van der Waals surface area contributed by atoms with Crippen molar-refractivity contribution in [3.63, 3.8) is 0 Å². The Morgan fingerprint density at radius 3 is 2.75 bits per heavy atom. The lowest BCUT2D eigenvalue weighted by Gasteiger charge is -2.30. The highest BCUT2D eigenvalue weighted by molar-refractivity contribution is 5.96. The zero-order valence-electron chi connectivity index (χ0n) is 19.3. The first-order valence-corrected chi connectivity index (χ1v) is 11.4. The molecular formula is C22H24F3N7O4. The molecule has 0 radical (unpaired) electrons. The molecule has 4 heterocycles. The van der Waals surface area contributed by atoms with Crippen LogP contribution in [0.2, 0.25) is 0 Å². The molecule has 2 fully saturated rings. The predicted molar refractivity (Wildman–Crippen MR) is 119 cm³/mol. The molecule has 3 aromatic rings. The molecule has 0 bridgehead atoms. The monoisotopic (exact) mass is 507 g/mol. The average molecular weight is 507 g/mol. The standard InChI is InChI=1S/C22H24F3N7O4/c1-34-16-8-32-17(6-14(16)18(26)33)30-31-19(32)11-3-2-4-12(5-11)28-21-27-7-15(22(23,24)25)20(29-21)36-13-9-35-10-13/h6-8,11-13H,2-5,9-10H2,1H3,(H2,26,33)(H,27,28,29)/t11-,12+/m0/s1. The maximum Gasteiger partial charge on any atom is 0.423 e. The minimum absolute atomic E-state index is 0.00678. The molecule has 0 spiro atoms. The lowest BCUT2D eigenvalue weighted by Crippen LogP contribution is -2.39. The molecule has 1 aliphatic heterocycles. The summed E-state index contributed by atoms with van der Waals surface area (Å²) in [7, 11) is 1.44. The summed E-state index contributed by atoms with van der Waals surface area (Å²) in [6.07, 6.45) is 0.338. The first kappa shape index (κ1) is 24.0. The highest BCUT2D eigenvalue weighted by Gasteiger charge is 2.38. The number of hydrogen-bond acceptors (Lipinski definition) is 9. The number of carbonyl (C=O) groups is 1. The van der Waals surface area contributed by atoms with Crippen LogP contribution in [0.3, 0.4) is 0 Å². The normalized spacial score (nSPS) is 20.7. The van der Waals surface area contributed by atoms with Gasteiger partial charge in [-0.25, -0.2) is 4.98 Å². The fraction of sp³-hybridized carbons (Fsp3) is 0.500. The number of amides is 1. The van der Waals surface area contributed by atoms with Crippen molar-refractivity contribution in [2.24, 2.45) is 5.73 Å². The van der Waals surface area contributed by atoms with Crippen LogP contribution in [0.25, 0.3) is 5.65 Å². The van der Waals surface area contributed by atoms with Gasteiger partial charge in [0.2, 0.25) is 11.8 Å². The molecule has 192 valence electrons. The van der Waals surface area contributed by atoms with E-state index in [-0.39, 0.29) is 36.7 Å². The number of alkyl halides is 3. The Bertz CT molecular complexity index is 1280. The fourth-order valence-corrected chi connectivity index (χ4v) is 4.47. The number of anilines is 1. The molecule has 2 atom stereocenters. The summed E-state index contributed by atoms with van der Waals surface area (Å²) in [5.74, 6) is -0.0975. The number of carbonyl (C=O) groups excluding carboxylic acids is 1. The Labute approximate surface area is 203 Å². The van der Waals surface area contributed by atoms with E-state index < -0.39 is 29.6 Å². The van der Waals surface area contributed by atoms with Gasteiger partial charge in [-0.2, -0.15) is 18.2 Å². The van der Waals surface area contributed by atoms with E-state index >= 15 is 0 Å². The number of nitrogens with one attached hydrogen (secondary N) is 1. The number of aromatic nitrogens is 5. The van der Waals surface area contributed by atoms with Crippen molar-refractivity contribution in [2.45, 2.75) is 49.9 Å². The Morgan fingerprint density at radius 2 is 2.08 bits per heavy atom. The van der Waals surface area contributed by atoms with Crippen LogP contribution in [-0.4, -0.2) is 62.9 Å². The van der Waals surface area contributed by atoms with Crippen molar-refractivity contribution in [1.29, 1.82) is 0 Å². The first-order valence-electron chi connectivity index (χ1n) is 11.4. The van der Waals surface area contributed by atoms with Gasteiger partial charge in [-0.3, -0.25) is 9.20 Å². The van der Waals surface area contributed by atoms with Crippen LogP contribution in [0.15, 0.2) is 18.5 Å². The minimum atomic E-state index is -4.64. The number of nitrogens with two attached hydrogens (primary N) is 1. The topological polar surface area (TPSA) is 139 Å². The van der Waals surface area contributed by atoms with Gasteiger partial charge in [0.05, 0.1) is 32.1 Å². The molecule has 36 heavy (non-hydrogen) atoms. The van der Waals surface area contributed by atoms with E-state index in [0.717, 1.165) is 25.5 Å².